The van der Waals surface area contributed by atoms with E-state index in [1.54, 1.807) is 6.20 Å². The average molecular weight is 285 g/mol. The number of nitrogens with one attached hydrogen (secondary N) is 1. The summed E-state index contributed by atoms with van der Waals surface area (Å²) in [5, 5.41) is 0. The molecule has 0 aromatic carbocycles. The second kappa shape index (κ2) is 5.43. The van der Waals surface area contributed by atoms with Gasteiger partial charge in [0.2, 0.25) is 0 Å². The summed E-state index contributed by atoms with van der Waals surface area (Å²) >= 11 is 3.35. The smallest absolute Gasteiger partial charge is 0.129 e. The summed E-state index contributed by atoms with van der Waals surface area (Å²) in [5.74, 6) is 0. The lowest BCUT2D eigenvalue weighted by atomic mass is 10.2. The van der Waals surface area contributed by atoms with E-state index in [0.717, 1.165) is 15.9 Å². The van der Waals surface area contributed by atoms with Crippen LogP contribution in [0.4, 0.5) is 0 Å². The van der Waals surface area contributed by atoms with Crippen molar-refractivity contribution in [1.82, 2.24) is 10.5 Å². The van der Waals surface area contributed by atoms with Crippen LogP contribution in [0.5, 0.6) is 0 Å². The van der Waals surface area contributed by atoms with E-state index in [2.05, 4.69) is 26.4 Å². The summed E-state index contributed by atoms with van der Waals surface area (Å²) in [6, 6.07) is 3.87. The second-order valence-corrected chi connectivity index (χ2v) is 4.28. The van der Waals surface area contributed by atoms with Gasteiger partial charge in [0.1, 0.15) is 6.10 Å². The van der Waals surface area contributed by atoms with Crippen LogP contribution >= 0.6 is 15.9 Å². The zero-order valence-electron chi connectivity index (χ0n) is 8.94. The van der Waals surface area contributed by atoms with E-state index in [4.69, 9.17) is 9.57 Å². The van der Waals surface area contributed by atoms with Crippen LogP contribution in [0.15, 0.2) is 28.9 Å². The Morgan fingerprint density at radius 2 is 2.44 bits per heavy atom. The van der Waals surface area contributed by atoms with Crippen molar-refractivity contribution < 1.29 is 9.57 Å². The van der Waals surface area contributed by atoms with Gasteiger partial charge in [-0.25, -0.2) is 0 Å². The monoisotopic (exact) mass is 284 g/mol. The van der Waals surface area contributed by atoms with Crippen LogP contribution in [0.1, 0.15) is 12.6 Å². The first-order chi connectivity index (χ1) is 7.79. The molecule has 5 heteroatoms. The maximum Gasteiger partial charge on any atom is 0.129 e. The molecule has 1 aromatic rings. The molecule has 0 amide bonds. The van der Waals surface area contributed by atoms with Gasteiger partial charge in [-0.15, -0.1) is 0 Å². The number of aromatic nitrogens is 1. The van der Waals surface area contributed by atoms with Gasteiger partial charge in [0.25, 0.3) is 0 Å². The third kappa shape index (κ3) is 2.81. The Labute approximate surface area is 103 Å². The Bertz CT molecular complexity index is 378. The zero-order chi connectivity index (χ0) is 11.4. The lowest BCUT2D eigenvalue weighted by Crippen LogP contribution is -2.17. The summed E-state index contributed by atoms with van der Waals surface area (Å²) in [7, 11) is 0. The molecular weight excluding hydrogens is 272 g/mol. The Morgan fingerprint density at radius 1 is 1.56 bits per heavy atom. The molecule has 0 spiro atoms. The van der Waals surface area contributed by atoms with Gasteiger partial charge in [-0.1, -0.05) is 0 Å². The van der Waals surface area contributed by atoms with Gasteiger partial charge in [-0.05, 0) is 41.1 Å². The molecule has 0 fully saturated rings. The molecule has 86 valence electrons. The van der Waals surface area contributed by atoms with Crippen molar-refractivity contribution in [3.8, 4) is 0 Å². The Hall–Kier alpha value is -0.910. The standard InChI is InChI=1S/C11H13BrN2O2/c1-2-15-7-9-5-11(14-16-9)10-4-3-8(12)6-13-10/h3-6,9,14H,2,7H2,1H3/t9-/m0/s1. The second-order valence-electron chi connectivity index (χ2n) is 3.36. The normalized spacial score (nSPS) is 19.4. The number of ether oxygens (including phenoxy) is 1. The molecule has 1 aliphatic heterocycles. The maximum atomic E-state index is 5.33. The first-order valence-corrected chi connectivity index (χ1v) is 5.92. The highest BCUT2D eigenvalue weighted by Gasteiger charge is 2.17. The molecular formula is C11H13BrN2O2. The van der Waals surface area contributed by atoms with E-state index < -0.39 is 0 Å². The number of halogens is 1. The lowest BCUT2D eigenvalue weighted by Gasteiger charge is -2.06. The van der Waals surface area contributed by atoms with Crippen LogP contribution in [-0.2, 0) is 9.57 Å². The molecule has 0 bridgehead atoms. The fraction of sp³-hybridized carbons (Fsp3) is 0.364. The van der Waals surface area contributed by atoms with E-state index in [9.17, 15) is 0 Å². The molecule has 0 saturated carbocycles. The van der Waals surface area contributed by atoms with Gasteiger partial charge < -0.3 is 4.74 Å². The fourth-order valence-corrected chi connectivity index (χ4v) is 1.62. The minimum atomic E-state index is -0.0413. The van der Waals surface area contributed by atoms with Gasteiger partial charge in [0, 0.05) is 17.3 Å². The van der Waals surface area contributed by atoms with E-state index in [1.807, 2.05) is 25.1 Å². The number of nitrogens with zero attached hydrogens (tertiary/aromatic N) is 1. The van der Waals surface area contributed by atoms with E-state index in [1.165, 1.54) is 0 Å². The summed E-state index contributed by atoms with van der Waals surface area (Å²) < 4.78 is 6.24. The highest BCUT2D eigenvalue weighted by molar-refractivity contribution is 9.10. The predicted molar refractivity (Wildman–Crippen MR) is 64.4 cm³/mol. The zero-order valence-corrected chi connectivity index (χ0v) is 10.5. The predicted octanol–water partition coefficient (Wildman–Crippen LogP) is 2.12. The van der Waals surface area contributed by atoms with Crippen molar-refractivity contribution in [3.05, 3.63) is 34.6 Å². The third-order valence-corrected chi connectivity index (χ3v) is 2.63. The number of rotatable bonds is 4. The Kier molecular flexibility index (Phi) is 3.93. The molecule has 2 rings (SSSR count). The highest BCUT2D eigenvalue weighted by atomic mass is 79.9. The number of hydrogen-bond donors (Lipinski definition) is 1. The third-order valence-electron chi connectivity index (χ3n) is 2.16. The topological polar surface area (TPSA) is 43.4 Å². The van der Waals surface area contributed by atoms with Crippen molar-refractivity contribution in [2.24, 2.45) is 0 Å². The highest BCUT2D eigenvalue weighted by Crippen LogP contribution is 2.18. The quantitative estimate of drug-likeness (QED) is 0.920. The van der Waals surface area contributed by atoms with Gasteiger partial charge in [0.05, 0.1) is 18.0 Å². The fourth-order valence-electron chi connectivity index (χ4n) is 1.38. The van der Waals surface area contributed by atoms with Crippen molar-refractivity contribution in [2.45, 2.75) is 13.0 Å². The van der Waals surface area contributed by atoms with Crippen molar-refractivity contribution in [1.29, 1.82) is 0 Å². The summed E-state index contributed by atoms with van der Waals surface area (Å²) in [4.78, 5) is 9.61. The molecule has 4 nitrogen and oxygen atoms in total. The lowest BCUT2D eigenvalue weighted by molar-refractivity contribution is -0.00719. The maximum absolute atomic E-state index is 5.33. The van der Waals surface area contributed by atoms with Crippen molar-refractivity contribution >= 4 is 21.6 Å². The van der Waals surface area contributed by atoms with Crippen LogP contribution in [0.25, 0.3) is 5.70 Å². The Morgan fingerprint density at radius 3 is 3.12 bits per heavy atom. The molecule has 0 saturated heterocycles. The Balaban J connectivity index is 2.03. The molecule has 1 aromatic heterocycles. The van der Waals surface area contributed by atoms with Crippen molar-refractivity contribution in [3.63, 3.8) is 0 Å². The molecule has 0 unspecified atom stereocenters. The van der Waals surface area contributed by atoms with Gasteiger partial charge in [-0.3, -0.25) is 15.3 Å². The summed E-state index contributed by atoms with van der Waals surface area (Å²) in [6.07, 6.45) is 3.69. The molecule has 0 aliphatic carbocycles. The summed E-state index contributed by atoms with van der Waals surface area (Å²) in [6.45, 7) is 3.21. The minimum Gasteiger partial charge on any atom is -0.379 e. The van der Waals surface area contributed by atoms with E-state index >= 15 is 0 Å². The van der Waals surface area contributed by atoms with Gasteiger partial charge in [0.15, 0.2) is 0 Å². The number of pyridine rings is 1. The number of hydrogen-bond acceptors (Lipinski definition) is 4. The van der Waals surface area contributed by atoms with Crippen LogP contribution < -0.4 is 5.48 Å². The first kappa shape index (κ1) is 11.6. The summed E-state index contributed by atoms with van der Waals surface area (Å²) in [5.41, 5.74) is 4.60. The van der Waals surface area contributed by atoms with Crippen LogP contribution in [-0.4, -0.2) is 24.3 Å². The van der Waals surface area contributed by atoms with Crippen molar-refractivity contribution in [2.75, 3.05) is 13.2 Å². The molecule has 1 N–H and O–H groups in total. The SMILES string of the molecule is CCOC[C@@H]1C=C(c2ccc(Br)cn2)NO1. The minimum absolute atomic E-state index is 0.0413. The molecule has 2 heterocycles. The van der Waals surface area contributed by atoms with E-state index in [-0.39, 0.29) is 6.10 Å². The molecule has 1 aliphatic rings. The molecule has 16 heavy (non-hydrogen) atoms. The largest absolute Gasteiger partial charge is 0.379 e. The van der Waals surface area contributed by atoms with Gasteiger partial charge >= 0.3 is 0 Å². The molecule has 1 atom stereocenters. The van der Waals surface area contributed by atoms with Crippen LogP contribution in [0.3, 0.4) is 0 Å². The average Bonchev–Trinajstić information content (AvgIpc) is 2.76. The number of hydroxylamine groups is 1. The van der Waals surface area contributed by atoms with Crippen LogP contribution in [0.2, 0.25) is 0 Å². The van der Waals surface area contributed by atoms with Gasteiger partial charge in [-0.2, -0.15) is 0 Å². The first-order valence-electron chi connectivity index (χ1n) is 5.12. The van der Waals surface area contributed by atoms with Crippen LogP contribution in [0, 0.1) is 0 Å². The molecule has 0 radical (unpaired) electrons. The van der Waals surface area contributed by atoms with E-state index in [0.29, 0.717) is 13.2 Å².